The summed E-state index contributed by atoms with van der Waals surface area (Å²) in [6.07, 6.45) is 3.64. The van der Waals surface area contributed by atoms with Crippen LogP contribution < -0.4 is 0 Å². The van der Waals surface area contributed by atoms with Crippen LogP contribution in [0.2, 0.25) is 0 Å². The standard InChI is InChI=1S/C19H17FN2O3/c1-13-18-12-16(20)7-6-15(18)9-10-21(13)19(23)8-5-14-3-2-4-17(11-14)22(24)25/h2-8,11-13H,9-10H2,1H3/b8-5+. The van der Waals surface area contributed by atoms with Gasteiger partial charge in [0.1, 0.15) is 5.82 Å². The highest BCUT2D eigenvalue weighted by Gasteiger charge is 2.26. The lowest BCUT2D eigenvalue weighted by Crippen LogP contribution is -2.37. The second-order valence-corrected chi connectivity index (χ2v) is 5.99. The van der Waals surface area contributed by atoms with E-state index in [4.69, 9.17) is 0 Å². The van der Waals surface area contributed by atoms with Gasteiger partial charge in [-0.25, -0.2) is 4.39 Å². The second-order valence-electron chi connectivity index (χ2n) is 5.99. The summed E-state index contributed by atoms with van der Waals surface area (Å²) in [6.45, 7) is 2.43. The molecule has 0 saturated carbocycles. The molecule has 0 radical (unpaired) electrons. The van der Waals surface area contributed by atoms with Crippen molar-refractivity contribution < 1.29 is 14.1 Å². The Morgan fingerprint density at radius 1 is 1.32 bits per heavy atom. The summed E-state index contributed by atoms with van der Waals surface area (Å²) in [6, 6.07) is 10.5. The molecule has 2 aromatic rings. The van der Waals surface area contributed by atoms with Gasteiger partial charge in [-0.3, -0.25) is 14.9 Å². The predicted octanol–water partition coefficient (Wildman–Crippen LogP) is 3.89. The van der Waals surface area contributed by atoms with E-state index in [1.165, 1.54) is 30.3 Å². The minimum Gasteiger partial charge on any atom is -0.332 e. The maximum absolute atomic E-state index is 13.5. The molecule has 25 heavy (non-hydrogen) atoms. The van der Waals surface area contributed by atoms with Crippen LogP contribution in [-0.4, -0.2) is 22.3 Å². The Morgan fingerprint density at radius 3 is 2.88 bits per heavy atom. The highest BCUT2D eigenvalue weighted by molar-refractivity contribution is 5.92. The summed E-state index contributed by atoms with van der Waals surface area (Å²) in [7, 11) is 0. The Kier molecular flexibility index (Phi) is 4.61. The first kappa shape index (κ1) is 16.8. The van der Waals surface area contributed by atoms with Crippen molar-refractivity contribution in [2.45, 2.75) is 19.4 Å². The first-order valence-electron chi connectivity index (χ1n) is 7.97. The third kappa shape index (κ3) is 3.57. The number of halogens is 1. The fraction of sp³-hybridized carbons (Fsp3) is 0.211. The van der Waals surface area contributed by atoms with Crippen molar-refractivity contribution in [1.82, 2.24) is 4.90 Å². The number of nitrogens with zero attached hydrogens (tertiary/aromatic N) is 2. The molecular formula is C19H17FN2O3. The molecule has 0 aromatic heterocycles. The van der Waals surface area contributed by atoms with Gasteiger partial charge >= 0.3 is 0 Å². The molecule has 1 aliphatic rings. The quantitative estimate of drug-likeness (QED) is 0.484. The van der Waals surface area contributed by atoms with Crippen LogP contribution in [0.15, 0.2) is 48.5 Å². The summed E-state index contributed by atoms with van der Waals surface area (Å²) < 4.78 is 13.5. The number of benzene rings is 2. The largest absolute Gasteiger partial charge is 0.332 e. The van der Waals surface area contributed by atoms with Crippen LogP contribution in [0.1, 0.15) is 29.7 Å². The molecule has 1 atom stereocenters. The average Bonchev–Trinajstić information content (AvgIpc) is 2.60. The molecule has 0 aliphatic carbocycles. The van der Waals surface area contributed by atoms with Crippen LogP contribution in [0.3, 0.4) is 0 Å². The lowest BCUT2D eigenvalue weighted by atomic mass is 9.93. The van der Waals surface area contributed by atoms with Crippen LogP contribution in [0.25, 0.3) is 6.08 Å². The van der Waals surface area contributed by atoms with Gasteiger partial charge in [-0.15, -0.1) is 0 Å². The van der Waals surface area contributed by atoms with Crippen LogP contribution in [0.4, 0.5) is 10.1 Å². The van der Waals surface area contributed by atoms with Gasteiger partial charge in [-0.1, -0.05) is 18.2 Å². The summed E-state index contributed by atoms with van der Waals surface area (Å²) in [5.74, 6) is -0.513. The Balaban J connectivity index is 1.77. The Bertz CT molecular complexity index is 863. The predicted molar refractivity (Wildman–Crippen MR) is 92.4 cm³/mol. The van der Waals surface area contributed by atoms with E-state index in [0.717, 1.165) is 11.1 Å². The molecule has 2 aromatic carbocycles. The van der Waals surface area contributed by atoms with E-state index in [-0.39, 0.29) is 23.5 Å². The van der Waals surface area contributed by atoms with Crippen molar-refractivity contribution in [3.63, 3.8) is 0 Å². The maximum atomic E-state index is 13.5. The lowest BCUT2D eigenvalue weighted by molar-refractivity contribution is -0.384. The third-order valence-corrected chi connectivity index (χ3v) is 4.43. The number of nitro benzene ring substituents is 1. The number of non-ortho nitro benzene ring substituents is 1. The number of fused-ring (bicyclic) bond motifs is 1. The van der Waals surface area contributed by atoms with Crippen LogP contribution in [-0.2, 0) is 11.2 Å². The molecular weight excluding hydrogens is 323 g/mol. The van der Waals surface area contributed by atoms with Gasteiger partial charge in [0.05, 0.1) is 11.0 Å². The first-order valence-corrected chi connectivity index (χ1v) is 7.97. The van der Waals surface area contributed by atoms with Crippen molar-refractivity contribution >= 4 is 17.7 Å². The van der Waals surface area contributed by atoms with E-state index in [2.05, 4.69) is 0 Å². The van der Waals surface area contributed by atoms with E-state index in [1.807, 2.05) is 6.92 Å². The molecule has 5 nitrogen and oxygen atoms in total. The van der Waals surface area contributed by atoms with Gasteiger partial charge in [0.25, 0.3) is 5.69 Å². The molecule has 0 saturated heterocycles. The molecule has 6 heteroatoms. The molecule has 0 N–H and O–H groups in total. The third-order valence-electron chi connectivity index (χ3n) is 4.43. The summed E-state index contributed by atoms with van der Waals surface area (Å²) in [4.78, 5) is 24.5. The lowest BCUT2D eigenvalue weighted by Gasteiger charge is -2.34. The van der Waals surface area contributed by atoms with E-state index < -0.39 is 4.92 Å². The van der Waals surface area contributed by atoms with E-state index >= 15 is 0 Å². The molecule has 1 amide bonds. The minimum atomic E-state index is -0.475. The van der Waals surface area contributed by atoms with Crippen LogP contribution in [0, 0.1) is 15.9 Å². The molecule has 0 fully saturated rings. The van der Waals surface area contributed by atoms with Gasteiger partial charge < -0.3 is 4.90 Å². The van der Waals surface area contributed by atoms with Gasteiger partial charge in [-0.2, -0.15) is 0 Å². The number of carbonyl (C=O) groups excluding carboxylic acids is 1. The second kappa shape index (κ2) is 6.84. The smallest absolute Gasteiger partial charge is 0.270 e. The number of hydrogen-bond acceptors (Lipinski definition) is 3. The highest BCUT2D eigenvalue weighted by atomic mass is 19.1. The number of hydrogen-bond donors (Lipinski definition) is 0. The zero-order valence-corrected chi connectivity index (χ0v) is 13.7. The molecule has 0 bridgehead atoms. The minimum absolute atomic E-state index is 0.0228. The Hall–Kier alpha value is -3.02. The van der Waals surface area contributed by atoms with Crippen LogP contribution in [0.5, 0.6) is 0 Å². The monoisotopic (exact) mass is 340 g/mol. The van der Waals surface area contributed by atoms with E-state index in [9.17, 15) is 19.3 Å². The fourth-order valence-corrected chi connectivity index (χ4v) is 3.09. The fourth-order valence-electron chi connectivity index (χ4n) is 3.09. The molecule has 1 heterocycles. The number of nitro groups is 1. The summed E-state index contributed by atoms with van der Waals surface area (Å²) in [5.41, 5.74) is 2.44. The first-order chi connectivity index (χ1) is 12.0. The van der Waals surface area contributed by atoms with Crippen LogP contribution >= 0.6 is 0 Å². The van der Waals surface area contributed by atoms with Crippen molar-refractivity contribution in [3.05, 3.63) is 81.2 Å². The highest BCUT2D eigenvalue weighted by Crippen LogP contribution is 2.30. The number of rotatable bonds is 3. The van der Waals surface area contributed by atoms with Gasteiger partial charge in [0.2, 0.25) is 5.91 Å². The Labute approximate surface area is 144 Å². The van der Waals surface area contributed by atoms with E-state index in [0.29, 0.717) is 18.5 Å². The normalized spacial score (nSPS) is 16.7. The molecule has 128 valence electrons. The average molecular weight is 340 g/mol. The van der Waals surface area contributed by atoms with Gasteiger partial charge in [0.15, 0.2) is 0 Å². The SMILES string of the molecule is CC1c2cc(F)ccc2CCN1C(=O)/C=C/c1cccc([N+](=O)[O-])c1. The van der Waals surface area contributed by atoms with Crippen molar-refractivity contribution in [2.24, 2.45) is 0 Å². The van der Waals surface area contributed by atoms with Crippen molar-refractivity contribution in [3.8, 4) is 0 Å². The molecule has 1 unspecified atom stereocenters. The van der Waals surface area contributed by atoms with Gasteiger partial charge in [0, 0.05) is 24.8 Å². The summed E-state index contributed by atoms with van der Waals surface area (Å²) in [5, 5.41) is 10.8. The topological polar surface area (TPSA) is 63.5 Å². The number of amides is 1. The number of carbonyl (C=O) groups is 1. The molecule has 3 rings (SSSR count). The zero-order chi connectivity index (χ0) is 18.0. The Morgan fingerprint density at radius 2 is 2.12 bits per heavy atom. The van der Waals surface area contributed by atoms with Crippen molar-refractivity contribution in [1.29, 1.82) is 0 Å². The van der Waals surface area contributed by atoms with E-state index in [1.54, 1.807) is 29.2 Å². The zero-order valence-electron chi connectivity index (χ0n) is 13.7. The molecule has 0 spiro atoms. The van der Waals surface area contributed by atoms with Gasteiger partial charge in [-0.05, 0) is 48.2 Å². The molecule has 1 aliphatic heterocycles. The maximum Gasteiger partial charge on any atom is 0.270 e. The summed E-state index contributed by atoms with van der Waals surface area (Å²) >= 11 is 0. The van der Waals surface area contributed by atoms with Crippen molar-refractivity contribution in [2.75, 3.05) is 6.54 Å².